The molecule has 1 aromatic carbocycles. The van der Waals surface area contributed by atoms with Crippen LogP contribution in [0.4, 0.5) is 5.82 Å². The Balaban J connectivity index is 1.88. The smallest absolute Gasteiger partial charge is 0.263 e. The molecule has 0 unspecified atom stereocenters. The van der Waals surface area contributed by atoms with E-state index in [1.165, 1.54) is 0 Å². The Morgan fingerprint density at radius 3 is 2.85 bits per heavy atom. The maximum Gasteiger partial charge on any atom is 0.263 e. The number of hydrogen-bond acceptors (Lipinski definition) is 3. The summed E-state index contributed by atoms with van der Waals surface area (Å²) in [4.78, 5) is 11.7. The minimum Gasteiger partial charge on any atom is -0.482 e. The normalized spacial score (nSPS) is 10.3. The van der Waals surface area contributed by atoms with Crippen LogP contribution < -0.4 is 10.1 Å². The number of amides is 1. The van der Waals surface area contributed by atoms with Crippen molar-refractivity contribution < 1.29 is 9.53 Å². The first-order valence-electron chi connectivity index (χ1n) is 6.00. The van der Waals surface area contributed by atoms with E-state index in [-0.39, 0.29) is 12.5 Å². The second-order valence-corrected chi connectivity index (χ2v) is 4.89. The van der Waals surface area contributed by atoms with E-state index in [0.717, 1.165) is 12.1 Å². The Bertz CT molecular complexity index is 613. The SMILES string of the molecule is CCc1cc(NC(=O)COc2ccc(Cl)cc2Cl)n[nH]1. The van der Waals surface area contributed by atoms with Gasteiger partial charge in [-0.15, -0.1) is 0 Å². The number of H-pyrrole nitrogens is 1. The fourth-order valence-corrected chi connectivity index (χ4v) is 1.98. The highest BCUT2D eigenvalue weighted by molar-refractivity contribution is 6.35. The number of carbonyl (C=O) groups is 1. The molecule has 7 heteroatoms. The minimum atomic E-state index is -0.315. The zero-order valence-electron chi connectivity index (χ0n) is 10.7. The molecule has 0 aliphatic carbocycles. The molecule has 0 bridgehead atoms. The molecule has 0 radical (unpaired) electrons. The first-order chi connectivity index (χ1) is 9.58. The lowest BCUT2D eigenvalue weighted by molar-refractivity contribution is -0.118. The second-order valence-electron chi connectivity index (χ2n) is 4.04. The molecule has 0 fully saturated rings. The predicted molar refractivity (Wildman–Crippen MR) is 78.6 cm³/mol. The van der Waals surface area contributed by atoms with Crippen LogP contribution in [0.3, 0.4) is 0 Å². The van der Waals surface area contributed by atoms with Crippen LogP contribution in [0.1, 0.15) is 12.6 Å². The highest BCUT2D eigenvalue weighted by Crippen LogP contribution is 2.27. The first-order valence-corrected chi connectivity index (χ1v) is 6.76. The average Bonchev–Trinajstić information content (AvgIpc) is 2.85. The molecule has 5 nitrogen and oxygen atoms in total. The molecule has 20 heavy (non-hydrogen) atoms. The molecule has 0 spiro atoms. The van der Waals surface area contributed by atoms with Gasteiger partial charge in [-0.1, -0.05) is 30.1 Å². The maximum absolute atomic E-state index is 11.7. The zero-order valence-corrected chi connectivity index (χ0v) is 12.3. The van der Waals surface area contributed by atoms with E-state index < -0.39 is 0 Å². The molecular weight excluding hydrogens is 301 g/mol. The number of carbonyl (C=O) groups excluding carboxylic acids is 1. The highest BCUT2D eigenvalue weighted by atomic mass is 35.5. The van der Waals surface area contributed by atoms with Crippen molar-refractivity contribution in [3.8, 4) is 5.75 Å². The third kappa shape index (κ3) is 3.88. The van der Waals surface area contributed by atoms with E-state index in [4.69, 9.17) is 27.9 Å². The van der Waals surface area contributed by atoms with Crippen molar-refractivity contribution in [2.45, 2.75) is 13.3 Å². The molecule has 1 aromatic heterocycles. The first kappa shape index (κ1) is 14.7. The Morgan fingerprint density at radius 1 is 1.40 bits per heavy atom. The second kappa shape index (κ2) is 6.63. The number of aromatic amines is 1. The van der Waals surface area contributed by atoms with E-state index in [0.29, 0.717) is 21.6 Å². The van der Waals surface area contributed by atoms with Crippen LogP contribution in [0.2, 0.25) is 10.0 Å². The van der Waals surface area contributed by atoms with E-state index >= 15 is 0 Å². The number of benzene rings is 1. The Labute approximate surface area is 126 Å². The molecular formula is C13H13Cl2N3O2. The van der Waals surface area contributed by atoms with E-state index in [1.807, 2.05) is 6.92 Å². The summed E-state index contributed by atoms with van der Waals surface area (Å²) in [6.07, 6.45) is 0.819. The van der Waals surface area contributed by atoms with Crippen molar-refractivity contribution in [1.82, 2.24) is 10.2 Å². The third-order valence-corrected chi connectivity index (χ3v) is 3.06. The number of halogens is 2. The van der Waals surface area contributed by atoms with Crippen LogP contribution in [-0.2, 0) is 11.2 Å². The lowest BCUT2D eigenvalue weighted by Crippen LogP contribution is -2.20. The van der Waals surface area contributed by atoms with Crippen LogP contribution >= 0.6 is 23.2 Å². The summed E-state index contributed by atoms with van der Waals surface area (Å²) in [5.41, 5.74) is 0.946. The number of hydrogen-bond donors (Lipinski definition) is 2. The van der Waals surface area contributed by atoms with E-state index in [2.05, 4.69) is 15.5 Å². The van der Waals surface area contributed by atoms with Crippen molar-refractivity contribution in [1.29, 1.82) is 0 Å². The number of anilines is 1. The summed E-state index contributed by atoms with van der Waals surface area (Å²) in [7, 11) is 0. The van der Waals surface area contributed by atoms with Crippen molar-refractivity contribution in [3.63, 3.8) is 0 Å². The zero-order chi connectivity index (χ0) is 14.5. The Kier molecular flexibility index (Phi) is 4.87. The van der Waals surface area contributed by atoms with Crippen LogP contribution in [0.15, 0.2) is 24.3 Å². The summed E-state index contributed by atoms with van der Waals surface area (Å²) >= 11 is 11.7. The summed E-state index contributed by atoms with van der Waals surface area (Å²) < 4.78 is 5.32. The minimum absolute atomic E-state index is 0.157. The fourth-order valence-electron chi connectivity index (χ4n) is 1.52. The van der Waals surface area contributed by atoms with Crippen LogP contribution in [-0.4, -0.2) is 22.7 Å². The quantitative estimate of drug-likeness (QED) is 0.890. The van der Waals surface area contributed by atoms with Gasteiger partial charge in [-0.05, 0) is 24.6 Å². The van der Waals surface area contributed by atoms with Gasteiger partial charge in [0.15, 0.2) is 12.4 Å². The van der Waals surface area contributed by atoms with Gasteiger partial charge >= 0.3 is 0 Å². The van der Waals surface area contributed by atoms with Crippen molar-refractivity contribution in [2.75, 3.05) is 11.9 Å². The summed E-state index contributed by atoms with van der Waals surface area (Å²) in [6.45, 7) is 1.83. The molecule has 0 aliphatic rings. The summed E-state index contributed by atoms with van der Waals surface area (Å²) in [5.74, 6) is 0.560. The number of ether oxygens (including phenoxy) is 1. The monoisotopic (exact) mass is 313 g/mol. The molecule has 2 aromatic rings. The van der Waals surface area contributed by atoms with Gasteiger partial charge in [0.2, 0.25) is 0 Å². The molecule has 1 amide bonds. The number of nitrogens with zero attached hydrogens (tertiary/aromatic N) is 1. The van der Waals surface area contributed by atoms with Crippen LogP contribution in [0, 0.1) is 0 Å². The lowest BCUT2D eigenvalue weighted by atomic mass is 10.3. The molecule has 0 atom stereocenters. The van der Waals surface area contributed by atoms with Gasteiger partial charge in [-0.25, -0.2) is 0 Å². The van der Waals surface area contributed by atoms with Gasteiger partial charge in [0.1, 0.15) is 5.75 Å². The van der Waals surface area contributed by atoms with Gasteiger partial charge < -0.3 is 10.1 Å². The molecule has 1 heterocycles. The van der Waals surface area contributed by atoms with Crippen LogP contribution in [0.25, 0.3) is 0 Å². The van der Waals surface area contributed by atoms with Gasteiger partial charge in [0.25, 0.3) is 5.91 Å². The predicted octanol–water partition coefficient (Wildman–Crippen LogP) is 3.30. The lowest BCUT2D eigenvalue weighted by Gasteiger charge is -2.07. The Hall–Kier alpha value is -1.72. The number of aromatic nitrogens is 2. The largest absolute Gasteiger partial charge is 0.482 e. The topological polar surface area (TPSA) is 67.0 Å². The number of nitrogens with one attached hydrogen (secondary N) is 2. The standard InChI is InChI=1S/C13H13Cl2N3O2/c1-2-9-6-12(18-17-9)16-13(19)7-20-11-4-3-8(14)5-10(11)15/h3-6H,2,7H2,1H3,(H2,16,17,18,19). The van der Waals surface area contributed by atoms with Crippen molar-refractivity contribution in [2.24, 2.45) is 0 Å². The highest BCUT2D eigenvalue weighted by Gasteiger charge is 2.08. The van der Waals surface area contributed by atoms with E-state index in [9.17, 15) is 4.79 Å². The average molecular weight is 314 g/mol. The van der Waals surface area contributed by atoms with Gasteiger partial charge in [-0.3, -0.25) is 9.89 Å². The van der Waals surface area contributed by atoms with Crippen molar-refractivity contribution >= 4 is 34.9 Å². The maximum atomic E-state index is 11.7. The fraction of sp³-hybridized carbons (Fsp3) is 0.231. The molecule has 0 saturated heterocycles. The summed E-state index contributed by atoms with van der Waals surface area (Å²) in [6, 6.07) is 6.58. The Morgan fingerprint density at radius 2 is 2.20 bits per heavy atom. The molecule has 0 saturated carbocycles. The van der Waals surface area contributed by atoms with Gasteiger partial charge in [0, 0.05) is 16.8 Å². The molecule has 0 aliphatic heterocycles. The van der Waals surface area contributed by atoms with Crippen molar-refractivity contribution in [3.05, 3.63) is 40.0 Å². The molecule has 2 N–H and O–H groups in total. The summed E-state index contributed by atoms with van der Waals surface area (Å²) in [5, 5.41) is 10.3. The number of rotatable bonds is 5. The van der Waals surface area contributed by atoms with Gasteiger partial charge in [0.05, 0.1) is 5.02 Å². The molecule has 106 valence electrons. The molecule has 2 rings (SSSR count). The third-order valence-electron chi connectivity index (χ3n) is 2.53. The van der Waals surface area contributed by atoms with Crippen LogP contribution in [0.5, 0.6) is 5.75 Å². The number of aryl methyl sites for hydroxylation is 1. The van der Waals surface area contributed by atoms with Gasteiger partial charge in [-0.2, -0.15) is 5.10 Å². The van der Waals surface area contributed by atoms with E-state index in [1.54, 1.807) is 24.3 Å².